The fourth-order valence-electron chi connectivity index (χ4n) is 1.95. The smallest absolute Gasteiger partial charge is 0.227 e. The third kappa shape index (κ3) is 5.55. The van der Waals surface area contributed by atoms with Crippen molar-refractivity contribution in [3.8, 4) is 0 Å². The van der Waals surface area contributed by atoms with Gasteiger partial charge in [0.25, 0.3) is 0 Å². The first-order chi connectivity index (χ1) is 9.15. The molecular weight excluding hydrogens is 240 g/mol. The standard InChI is InChI=1S/C15H22N2O2/c1-3-14(13-8-5-4-6-9-13)15(19)17-11-7-10-16-12(2)18/h4-6,8-9,14H,3,7,10-11H2,1-2H3,(H,16,18)(H,17,19)/t14-/m0/s1. The van der Waals surface area contributed by atoms with Gasteiger partial charge in [0.05, 0.1) is 5.92 Å². The molecule has 0 aliphatic heterocycles. The lowest BCUT2D eigenvalue weighted by atomic mass is 9.96. The van der Waals surface area contributed by atoms with E-state index in [9.17, 15) is 9.59 Å². The van der Waals surface area contributed by atoms with Crippen LogP contribution in [0.5, 0.6) is 0 Å². The molecule has 104 valence electrons. The highest BCUT2D eigenvalue weighted by atomic mass is 16.2. The summed E-state index contributed by atoms with van der Waals surface area (Å²) in [5.74, 6) is -0.0828. The lowest BCUT2D eigenvalue weighted by molar-refractivity contribution is -0.122. The molecule has 1 atom stereocenters. The van der Waals surface area contributed by atoms with Crippen LogP contribution in [-0.2, 0) is 9.59 Å². The molecule has 4 nitrogen and oxygen atoms in total. The molecule has 19 heavy (non-hydrogen) atoms. The predicted octanol–water partition coefficient (Wildman–Crippen LogP) is 1.82. The van der Waals surface area contributed by atoms with Gasteiger partial charge in [-0.1, -0.05) is 37.3 Å². The number of carbonyl (C=O) groups is 2. The summed E-state index contributed by atoms with van der Waals surface area (Å²) in [4.78, 5) is 22.8. The van der Waals surface area contributed by atoms with Gasteiger partial charge in [0.15, 0.2) is 0 Å². The molecule has 0 saturated carbocycles. The molecule has 2 N–H and O–H groups in total. The van der Waals surface area contributed by atoms with Crippen molar-refractivity contribution >= 4 is 11.8 Å². The molecule has 0 bridgehead atoms. The van der Waals surface area contributed by atoms with Crippen molar-refractivity contribution in [1.82, 2.24) is 10.6 Å². The maximum absolute atomic E-state index is 12.1. The number of rotatable bonds is 7. The summed E-state index contributed by atoms with van der Waals surface area (Å²) in [5.41, 5.74) is 1.05. The van der Waals surface area contributed by atoms with Gasteiger partial charge in [0.2, 0.25) is 11.8 Å². The minimum atomic E-state index is -0.0954. The molecule has 0 spiro atoms. The highest BCUT2D eigenvalue weighted by Gasteiger charge is 2.17. The molecule has 0 radical (unpaired) electrons. The van der Waals surface area contributed by atoms with Crippen molar-refractivity contribution in [2.24, 2.45) is 0 Å². The topological polar surface area (TPSA) is 58.2 Å². The Morgan fingerprint density at radius 3 is 2.32 bits per heavy atom. The average Bonchev–Trinajstić information content (AvgIpc) is 2.40. The van der Waals surface area contributed by atoms with Crippen LogP contribution in [0.3, 0.4) is 0 Å². The Hall–Kier alpha value is -1.84. The first kappa shape index (κ1) is 15.2. The molecule has 4 heteroatoms. The predicted molar refractivity (Wildman–Crippen MR) is 75.8 cm³/mol. The summed E-state index contributed by atoms with van der Waals surface area (Å²) in [6.45, 7) is 4.68. The van der Waals surface area contributed by atoms with Crippen LogP contribution in [0.25, 0.3) is 0 Å². The molecule has 0 unspecified atom stereocenters. The van der Waals surface area contributed by atoms with E-state index in [1.54, 1.807) is 0 Å². The van der Waals surface area contributed by atoms with Crippen LogP contribution in [-0.4, -0.2) is 24.9 Å². The Kier molecular flexibility index (Phi) is 6.64. The quantitative estimate of drug-likeness (QED) is 0.736. The first-order valence-electron chi connectivity index (χ1n) is 6.72. The van der Waals surface area contributed by atoms with Gasteiger partial charge in [0, 0.05) is 20.0 Å². The van der Waals surface area contributed by atoms with Crippen LogP contribution >= 0.6 is 0 Å². The van der Waals surface area contributed by atoms with Crippen molar-refractivity contribution < 1.29 is 9.59 Å². The summed E-state index contributed by atoms with van der Waals surface area (Å²) in [5, 5.41) is 5.62. The Labute approximate surface area is 114 Å². The van der Waals surface area contributed by atoms with Crippen molar-refractivity contribution in [2.75, 3.05) is 13.1 Å². The van der Waals surface area contributed by atoms with Crippen LogP contribution < -0.4 is 10.6 Å². The third-order valence-corrected chi connectivity index (χ3v) is 2.95. The van der Waals surface area contributed by atoms with E-state index >= 15 is 0 Å². The maximum Gasteiger partial charge on any atom is 0.227 e. The molecule has 0 aliphatic carbocycles. The van der Waals surface area contributed by atoms with Gasteiger partial charge in [-0.25, -0.2) is 0 Å². The first-order valence-corrected chi connectivity index (χ1v) is 6.72. The zero-order valence-electron chi connectivity index (χ0n) is 11.6. The van der Waals surface area contributed by atoms with Crippen LogP contribution in [0.15, 0.2) is 30.3 Å². The average molecular weight is 262 g/mol. The summed E-state index contributed by atoms with van der Waals surface area (Å²) >= 11 is 0. The Morgan fingerprint density at radius 1 is 1.11 bits per heavy atom. The van der Waals surface area contributed by atoms with Gasteiger partial charge in [-0.05, 0) is 18.4 Å². The second-order valence-electron chi connectivity index (χ2n) is 4.50. The number of carbonyl (C=O) groups excluding carboxylic acids is 2. The monoisotopic (exact) mass is 262 g/mol. The minimum absolute atomic E-state index is 0.0398. The number of hydrogen-bond acceptors (Lipinski definition) is 2. The van der Waals surface area contributed by atoms with Gasteiger partial charge in [-0.2, -0.15) is 0 Å². The van der Waals surface area contributed by atoms with E-state index in [-0.39, 0.29) is 17.7 Å². The van der Waals surface area contributed by atoms with Crippen molar-refractivity contribution in [3.05, 3.63) is 35.9 Å². The number of hydrogen-bond donors (Lipinski definition) is 2. The van der Waals surface area contributed by atoms with E-state index in [0.29, 0.717) is 13.1 Å². The molecule has 0 fully saturated rings. The number of nitrogens with one attached hydrogen (secondary N) is 2. The fraction of sp³-hybridized carbons (Fsp3) is 0.467. The van der Waals surface area contributed by atoms with Crippen LogP contribution in [0, 0.1) is 0 Å². The highest BCUT2D eigenvalue weighted by Crippen LogP contribution is 2.18. The second-order valence-corrected chi connectivity index (χ2v) is 4.50. The summed E-state index contributed by atoms with van der Waals surface area (Å²) in [7, 11) is 0. The SMILES string of the molecule is CC[C@H](C(=O)NCCCNC(C)=O)c1ccccc1. The van der Waals surface area contributed by atoms with Crippen LogP contribution in [0.1, 0.15) is 38.2 Å². The molecule has 2 amide bonds. The van der Waals surface area contributed by atoms with E-state index < -0.39 is 0 Å². The van der Waals surface area contributed by atoms with E-state index in [2.05, 4.69) is 10.6 Å². The molecule has 1 rings (SSSR count). The molecule has 0 aliphatic rings. The van der Waals surface area contributed by atoms with E-state index in [4.69, 9.17) is 0 Å². The third-order valence-electron chi connectivity index (χ3n) is 2.95. The van der Waals surface area contributed by atoms with Crippen molar-refractivity contribution in [1.29, 1.82) is 0 Å². The lowest BCUT2D eigenvalue weighted by Gasteiger charge is -2.15. The lowest BCUT2D eigenvalue weighted by Crippen LogP contribution is -2.32. The molecule has 1 aromatic carbocycles. The van der Waals surface area contributed by atoms with Gasteiger partial charge in [-0.15, -0.1) is 0 Å². The van der Waals surface area contributed by atoms with E-state index in [1.165, 1.54) is 6.92 Å². The van der Waals surface area contributed by atoms with Gasteiger partial charge < -0.3 is 10.6 Å². The molecule has 1 aromatic rings. The molecule has 0 heterocycles. The Balaban J connectivity index is 2.37. The Morgan fingerprint density at radius 2 is 1.74 bits per heavy atom. The molecular formula is C15H22N2O2. The van der Waals surface area contributed by atoms with Crippen LogP contribution in [0.2, 0.25) is 0 Å². The summed E-state index contributed by atoms with van der Waals surface area (Å²) in [6, 6.07) is 9.79. The van der Waals surface area contributed by atoms with Crippen LogP contribution in [0.4, 0.5) is 0 Å². The van der Waals surface area contributed by atoms with E-state index in [0.717, 1.165) is 18.4 Å². The molecule has 0 saturated heterocycles. The fourth-order valence-corrected chi connectivity index (χ4v) is 1.95. The highest BCUT2D eigenvalue weighted by molar-refractivity contribution is 5.83. The Bertz CT molecular complexity index is 404. The van der Waals surface area contributed by atoms with Gasteiger partial charge >= 0.3 is 0 Å². The maximum atomic E-state index is 12.1. The second kappa shape index (κ2) is 8.29. The van der Waals surface area contributed by atoms with Gasteiger partial charge in [-0.3, -0.25) is 9.59 Å². The number of benzene rings is 1. The zero-order chi connectivity index (χ0) is 14.1. The van der Waals surface area contributed by atoms with Crippen molar-refractivity contribution in [3.63, 3.8) is 0 Å². The van der Waals surface area contributed by atoms with Gasteiger partial charge in [0.1, 0.15) is 0 Å². The summed E-state index contributed by atoms with van der Waals surface area (Å²) in [6.07, 6.45) is 1.53. The van der Waals surface area contributed by atoms with Crippen molar-refractivity contribution in [2.45, 2.75) is 32.6 Å². The molecule has 0 aromatic heterocycles. The normalized spacial score (nSPS) is 11.7. The van der Waals surface area contributed by atoms with E-state index in [1.807, 2.05) is 37.3 Å². The minimum Gasteiger partial charge on any atom is -0.356 e. The zero-order valence-corrected chi connectivity index (χ0v) is 11.6. The number of amides is 2. The largest absolute Gasteiger partial charge is 0.356 e. The summed E-state index contributed by atoms with van der Waals surface area (Å²) < 4.78 is 0.